The van der Waals surface area contributed by atoms with Gasteiger partial charge in [0.2, 0.25) is 0 Å². The standard InChI is InChI=1S/C24H23FN2O2/c25-21-8-4-7-20(22(21)19-9-13-26-14-10-19)23(28)27-15-11-24(29,12-16-27)17-18-5-2-1-3-6-18/h1-10,13-14,29H,11-12,15-17H2. The third-order valence-corrected chi connectivity index (χ3v) is 5.57. The minimum atomic E-state index is -0.825. The number of hydrogen-bond donors (Lipinski definition) is 1. The Morgan fingerprint density at radius 2 is 1.69 bits per heavy atom. The Balaban J connectivity index is 1.52. The van der Waals surface area contributed by atoms with Gasteiger partial charge in [-0.3, -0.25) is 9.78 Å². The Morgan fingerprint density at radius 1 is 1.00 bits per heavy atom. The molecule has 0 bridgehead atoms. The van der Waals surface area contributed by atoms with E-state index in [1.54, 1.807) is 41.6 Å². The molecule has 1 aliphatic heterocycles. The van der Waals surface area contributed by atoms with E-state index >= 15 is 0 Å². The number of benzene rings is 2. The van der Waals surface area contributed by atoms with Crippen LogP contribution in [0.5, 0.6) is 0 Å². The van der Waals surface area contributed by atoms with Gasteiger partial charge in [0.25, 0.3) is 5.91 Å². The topological polar surface area (TPSA) is 53.4 Å². The van der Waals surface area contributed by atoms with E-state index in [9.17, 15) is 14.3 Å². The van der Waals surface area contributed by atoms with Crippen LogP contribution in [-0.2, 0) is 6.42 Å². The minimum Gasteiger partial charge on any atom is -0.389 e. The van der Waals surface area contributed by atoms with Crippen molar-refractivity contribution in [2.75, 3.05) is 13.1 Å². The van der Waals surface area contributed by atoms with Crippen LogP contribution in [-0.4, -0.2) is 39.6 Å². The van der Waals surface area contributed by atoms with Crippen LogP contribution in [0, 0.1) is 5.82 Å². The number of halogens is 1. The summed E-state index contributed by atoms with van der Waals surface area (Å²) in [5.41, 5.74) is 1.52. The summed E-state index contributed by atoms with van der Waals surface area (Å²) in [6.45, 7) is 0.878. The zero-order valence-corrected chi connectivity index (χ0v) is 16.1. The summed E-state index contributed by atoms with van der Waals surface area (Å²) in [6, 6.07) is 17.9. The SMILES string of the molecule is O=C(c1cccc(F)c1-c1ccncc1)N1CCC(O)(Cc2ccccc2)CC1. The van der Waals surface area contributed by atoms with Crippen molar-refractivity contribution in [2.45, 2.75) is 24.9 Å². The fourth-order valence-corrected chi connectivity index (χ4v) is 3.96. The lowest BCUT2D eigenvalue weighted by Crippen LogP contribution is -2.47. The molecule has 0 spiro atoms. The van der Waals surface area contributed by atoms with Crippen LogP contribution >= 0.6 is 0 Å². The van der Waals surface area contributed by atoms with Gasteiger partial charge in [0.05, 0.1) is 11.2 Å². The zero-order chi connectivity index (χ0) is 20.3. The number of pyridine rings is 1. The summed E-state index contributed by atoms with van der Waals surface area (Å²) in [7, 11) is 0. The van der Waals surface area contributed by atoms with Gasteiger partial charge < -0.3 is 10.0 Å². The molecule has 2 aromatic carbocycles. The number of carbonyl (C=O) groups excluding carboxylic acids is 1. The van der Waals surface area contributed by atoms with Crippen molar-refractivity contribution < 1.29 is 14.3 Å². The van der Waals surface area contributed by atoms with Gasteiger partial charge in [0.15, 0.2) is 0 Å². The average Bonchev–Trinajstić information content (AvgIpc) is 2.75. The summed E-state index contributed by atoms with van der Waals surface area (Å²) in [5, 5.41) is 11.0. The highest BCUT2D eigenvalue weighted by atomic mass is 19.1. The van der Waals surface area contributed by atoms with Crippen molar-refractivity contribution in [1.29, 1.82) is 0 Å². The van der Waals surface area contributed by atoms with E-state index in [1.165, 1.54) is 6.07 Å². The molecule has 4 rings (SSSR count). The molecule has 1 fully saturated rings. The van der Waals surface area contributed by atoms with E-state index in [1.807, 2.05) is 30.3 Å². The molecule has 4 nitrogen and oxygen atoms in total. The van der Waals surface area contributed by atoms with Crippen LogP contribution < -0.4 is 0 Å². The normalized spacial score (nSPS) is 15.9. The molecule has 1 N–H and O–H groups in total. The first-order valence-corrected chi connectivity index (χ1v) is 9.80. The van der Waals surface area contributed by atoms with Crippen molar-refractivity contribution in [2.24, 2.45) is 0 Å². The highest BCUT2D eigenvalue weighted by Crippen LogP contribution is 2.31. The van der Waals surface area contributed by atoms with Crippen molar-refractivity contribution in [3.8, 4) is 11.1 Å². The van der Waals surface area contributed by atoms with E-state index < -0.39 is 11.4 Å². The molecule has 1 amide bonds. The fourth-order valence-electron chi connectivity index (χ4n) is 3.96. The summed E-state index contributed by atoms with van der Waals surface area (Å²) in [5.74, 6) is -0.641. The predicted octanol–water partition coefficient (Wildman–Crippen LogP) is 4.10. The van der Waals surface area contributed by atoms with Crippen LogP contribution in [0.25, 0.3) is 11.1 Å². The molecule has 0 radical (unpaired) electrons. The number of piperidine rings is 1. The molecule has 5 heteroatoms. The Kier molecular flexibility index (Phi) is 5.41. The maximum atomic E-state index is 14.6. The minimum absolute atomic E-state index is 0.210. The van der Waals surface area contributed by atoms with Gasteiger partial charge >= 0.3 is 0 Å². The number of hydrogen-bond acceptors (Lipinski definition) is 3. The lowest BCUT2D eigenvalue weighted by molar-refractivity contribution is -0.0162. The molecule has 29 heavy (non-hydrogen) atoms. The van der Waals surface area contributed by atoms with Crippen LogP contribution in [0.4, 0.5) is 4.39 Å². The van der Waals surface area contributed by atoms with E-state index in [4.69, 9.17) is 0 Å². The van der Waals surface area contributed by atoms with Crippen molar-refractivity contribution in [3.05, 3.63) is 90.0 Å². The van der Waals surface area contributed by atoms with Crippen LogP contribution in [0.3, 0.4) is 0 Å². The Morgan fingerprint density at radius 3 is 2.38 bits per heavy atom. The second kappa shape index (κ2) is 8.13. The quantitative estimate of drug-likeness (QED) is 0.730. The zero-order valence-electron chi connectivity index (χ0n) is 16.1. The van der Waals surface area contributed by atoms with Gasteiger partial charge in [-0.25, -0.2) is 4.39 Å². The van der Waals surface area contributed by atoms with Gasteiger partial charge in [-0.2, -0.15) is 0 Å². The second-order valence-corrected chi connectivity index (χ2v) is 7.58. The van der Waals surface area contributed by atoms with Gasteiger partial charge in [0, 0.05) is 37.5 Å². The van der Waals surface area contributed by atoms with Crippen molar-refractivity contribution in [3.63, 3.8) is 0 Å². The highest BCUT2D eigenvalue weighted by Gasteiger charge is 2.35. The molecule has 0 saturated carbocycles. The van der Waals surface area contributed by atoms with Crippen LogP contribution in [0.15, 0.2) is 73.1 Å². The molecule has 1 aliphatic rings. The molecule has 1 aromatic heterocycles. The maximum Gasteiger partial charge on any atom is 0.254 e. The molecule has 0 aliphatic carbocycles. The highest BCUT2D eigenvalue weighted by molar-refractivity contribution is 6.01. The monoisotopic (exact) mass is 390 g/mol. The number of likely N-dealkylation sites (tertiary alicyclic amines) is 1. The summed E-state index contributed by atoms with van der Waals surface area (Å²) < 4.78 is 14.6. The lowest BCUT2D eigenvalue weighted by atomic mass is 9.85. The Hall–Kier alpha value is -3.05. The van der Waals surface area contributed by atoms with E-state index in [0.29, 0.717) is 49.0 Å². The third kappa shape index (κ3) is 4.20. The maximum absolute atomic E-state index is 14.6. The van der Waals surface area contributed by atoms with E-state index in [0.717, 1.165) is 5.56 Å². The Labute approximate surface area is 169 Å². The van der Waals surface area contributed by atoms with Gasteiger partial charge in [-0.15, -0.1) is 0 Å². The molecule has 1 saturated heterocycles. The van der Waals surface area contributed by atoms with Crippen molar-refractivity contribution >= 4 is 5.91 Å². The third-order valence-electron chi connectivity index (χ3n) is 5.57. The molecule has 0 unspecified atom stereocenters. The number of carbonyl (C=O) groups is 1. The molecule has 2 heterocycles. The van der Waals surface area contributed by atoms with Gasteiger partial charge in [0.1, 0.15) is 5.82 Å². The second-order valence-electron chi connectivity index (χ2n) is 7.58. The fraction of sp³-hybridized carbons (Fsp3) is 0.250. The molecular weight excluding hydrogens is 367 g/mol. The number of aliphatic hydroxyl groups is 1. The van der Waals surface area contributed by atoms with E-state index in [-0.39, 0.29) is 5.91 Å². The molecule has 0 atom stereocenters. The molecular formula is C24H23FN2O2. The number of amides is 1. The lowest BCUT2D eigenvalue weighted by Gasteiger charge is -2.38. The summed E-state index contributed by atoms with van der Waals surface area (Å²) in [4.78, 5) is 18.9. The first-order chi connectivity index (χ1) is 14.1. The first-order valence-electron chi connectivity index (χ1n) is 9.80. The summed E-state index contributed by atoms with van der Waals surface area (Å²) in [6.07, 6.45) is 4.72. The Bertz CT molecular complexity index is 984. The first kappa shape index (κ1) is 19.3. The van der Waals surface area contributed by atoms with Gasteiger partial charge in [-0.1, -0.05) is 36.4 Å². The number of nitrogens with zero attached hydrogens (tertiary/aromatic N) is 2. The number of aromatic nitrogens is 1. The van der Waals surface area contributed by atoms with Crippen LogP contribution in [0.1, 0.15) is 28.8 Å². The molecule has 148 valence electrons. The van der Waals surface area contributed by atoms with Crippen LogP contribution in [0.2, 0.25) is 0 Å². The summed E-state index contributed by atoms with van der Waals surface area (Å²) >= 11 is 0. The van der Waals surface area contributed by atoms with E-state index in [2.05, 4.69) is 4.98 Å². The smallest absolute Gasteiger partial charge is 0.254 e. The average molecular weight is 390 g/mol. The number of rotatable bonds is 4. The largest absolute Gasteiger partial charge is 0.389 e. The predicted molar refractivity (Wildman–Crippen MR) is 110 cm³/mol. The van der Waals surface area contributed by atoms with Crippen molar-refractivity contribution in [1.82, 2.24) is 9.88 Å². The van der Waals surface area contributed by atoms with Gasteiger partial charge in [-0.05, 0) is 48.2 Å². The molecule has 3 aromatic rings.